The highest BCUT2D eigenvalue weighted by atomic mass is 16.5. The Kier molecular flexibility index (Phi) is 8.46. The molecule has 2 nitrogen and oxygen atoms in total. The minimum atomic E-state index is 0.776. The van der Waals surface area contributed by atoms with Gasteiger partial charge in [-0.05, 0) is 37.8 Å². The smallest absolute Gasteiger partial charge is 0.0464 e. The van der Waals surface area contributed by atoms with Gasteiger partial charge in [0.05, 0.1) is 0 Å². The van der Waals surface area contributed by atoms with Crippen molar-refractivity contribution < 1.29 is 4.74 Å². The molecule has 0 aromatic carbocycles. The average molecular weight is 187 g/mol. The Bertz CT molecular complexity index is 106. The van der Waals surface area contributed by atoms with Gasteiger partial charge in [0.2, 0.25) is 0 Å². The molecule has 2 heteroatoms. The highest BCUT2D eigenvalue weighted by Gasteiger charge is 2.10. The van der Waals surface area contributed by atoms with E-state index in [9.17, 15) is 0 Å². The molecule has 2 atom stereocenters. The van der Waals surface area contributed by atoms with Crippen molar-refractivity contribution in [2.45, 2.75) is 33.6 Å². The van der Waals surface area contributed by atoms with E-state index < -0.39 is 0 Å². The molecular weight excluding hydrogens is 162 g/mol. The Hall–Kier alpha value is -0.0800. The summed E-state index contributed by atoms with van der Waals surface area (Å²) in [6, 6.07) is 0. The fourth-order valence-electron chi connectivity index (χ4n) is 1.38. The van der Waals surface area contributed by atoms with Crippen LogP contribution in [0.3, 0.4) is 0 Å². The zero-order valence-corrected chi connectivity index (χ0v) is 9.60. The average Bonchev–Trinajstić information content (AvgIpc) is 2.14. The van der Waals surface area contributed by atoms with Gasteiger partial charge < -0.3 is 10.1 Å². The van der Waals surface area contributed by atoms with Crippen molar-refractivity contribution in [1.29, 1.82) is 0 Å². The summed E-state index contributed by atoms with van der Waals surface area (Å²) >= 11 is 0. The topological polar surface area (TPSA) is 21.3 Å². The standard InChI is InChI=1S/C11H25NO/c1-5-12-8-6-10(2)11(3)7-9-13-4/h10-12H,5-9H2,1-4H3. The molecular formula is C11H25NO. The summed E-state index contributed by atoms with van der Waals surface area (Å²) in [4.78, 5) is 0. The first-order chi connectivity index (χ1) is 6.22. The zero-order valence-electron chi connectivity index (χ0n) is 9.60. The van der Waals surface area contributed by atoms with Gasteiger partial charge in [0.15, 0.2) is 0 Å². The van der Waals surface area contributed by atoms with E-state index in [0.29, 0.717) is 0 Å². The maximum absolute atomic E-state index is 5.07. The van der Waals surface area contributed by atoms with Crippen LogP contribution in [0.4, 0.5) is 0 Å². The minimum absolute atomic E-state index is 0.776. The first kappa shape index (κ1) is 12.9. The molecule has 2 unspecified atom stereocenters. The van der Waals surface area contributed by atoms with Gasteiger partial charge in [-0.15, -0.1) is 0 Å². The van der Waals surface area contributed by atoms with Gasteiger partial charge in [-0.3, -0.25) is 0 Å². The molecule has 0 aromatic heterocycles. The van der Waals surface area contributed by atoms with Crippen LogP contribution in [0.2, 0.25) is 0 Å². The molecule has 0 heterocycles. The van der Waals surface area contributed by atoms with Crippen LogP contribution >= 0.6 is 0 Å². The first-order valence-corrected chi connectivity index (χ1v) is 5.42. The maximum atomic E-state index is 5.07. The van der Waals surface area contributed by atoms with Crippen molar-refractivity contribution in [3.8, 4) is 0 Å². The van der Waals surface area contributed by atoms with Crippen LogP contribution in [0.15, 0.2) is 0 Å². The Morgan fingerprint density at radius 2 is 1.77 bits per heavy atom. The largest absolute Gasteiger partial charge is 0.385 e. The molecule has 0 aromatic rings. The van der Waals surface area contributed by atoms with Gasteiger partial charge in [0.25, 0.3) is 0 Å². The Morgan fingerprint density at radius 3 is 2.31 bits per heavy atom. The fourth-order valence-corrected chi connectivity index (χ4v) is 1.38. The number of ether oxygens (including phenoxy) is 1. The van der Waals surface area contributed by atoms with Gasteiger partial charge in [-0.2, -0.15) is 0 Å². The molecule has 0 aliphatic heterocycles. The van der Waals surface area contributed by atoms with E-state index in [1.165, 1.54) is 12.8 Å². The molecule has 13 heavy (non-hydrogen) atoms. The third-order valence-corrected chi connectivity index (χ3v) is 2.78. The third kappa shape index (κ3) is 7.03. The fraction of sp³-hybridized carbons (Fsp3) is 1.00. The summed E-state index contributed by atoms with van der Waals surface area (Å²) in [5, 5.41) is 3.36. The molecule has 80 valence electrons. The predicted molar refractivity (Wildman–Crippen MR) is 58.0 cm³/mol. The Morgan fingerprint density at radius 1 is 1.15 bits per heavy atom. The maximum Gasteiger partial charge on any atom is 0.0464 e. The van der Waals surface area contributed by atoms with Crippen molar-refractivity contribution in [3.63, 3.8) is 0 Å². The number of methoxy groups -OCH3 is 1. The molecule has 0 bridgehead atoms. The molecule has 0 aliphatic rings. The summed E-state index contributed by atoms with van der Waals surface area (Å²) in [7, 11) is 1.77. The van der Waals surface area contributed by atoms with E-state index in [1.807, 2.05) is 0 Å². The normalized spacial score (nSPS) is 15.7. The number of hydrogen-bond acceptors (Lipinski definition) is 2. The van der Waals surface area contributed by atoms with E-state index in [-0.39, 0.29) is 0 Å². The van der Waals surface area contributed by atoms with Crippen LogP contribution < -0.4 is 5.32 Å². The van der Waals surface area contributed by atoms with E-state index in [2.05, 4.69) is 26.1 Å². The monoisotopic (exact) mass is 187 g/mol. The van der Waals surface area contributed by atoms with E-state index in [0.717, 1.165) is 31.5 Å². The molecule has 1 N–H and O–H groups in total. The summed E-state index contributed by atoms with van der Waals surface area (Å²) in [6.45, 7) is 9.92. The molecule has 0 saturated carbocycles. The lowest BCUT2D eigenvalue weighted by molar-refractivity contribution is 0.166. The summed E-state index contributed by atoms with van der Waals surface area (Å²) in [5.74, 6) is 1.58. The Balaban J connectivity index is 3.38. The van der Waals surface area contributed by atoms with Crippen LogP contribution in [-0.2, 0) is 4.74 Å². The van der Waals surface area contributed by atoms with E-state index in [1.54, 1.807) is 7.11 Å². The van der Waals surface area contributed by atoms with Crippen molar-refractivity contribution in [3.05, 3.63) is 0 Å². The first-order valence-electron chi connectivity index (χ1n) is 5.42. The lowest BCUT2D eigenvalue weighted by Gasteiger charge is -2.19. The third-order valence-electron chi connectivity index (χ3n) is 2.78. The second-order valence-electron chi connectivity index (χ2n) is 3.88. The molecule has 0 amide bonds. The number of nitrogens with one attached hydrogen (secondary N) is 1. The van der Waals surface area contributed by atoms with E-state index >= 15 is 0 Å². The van der Waals surface area contributed by atoms with Gasteiger partial charge in [-0.1, -0.05) is 20.8 Å². The van der Waals surface area contributed by atoms with Crippen molar-refractivity contribution in [1.82, 2.24) is 5.32 Å². The van der Waals surface area contributed by atoms with E-state index in [4.69, 9.17) is 4.74 Å². The van der Waals surface area contributed by atoms with Gasteiger partial charge in [0, 0.05) is 13.7 Å². The van der Waals surface area contributed by atoms with Crippen LogP contribution in [0.1, 0.15) is 33.6 Å². The molecule has 0 radical (unpaired) electrons. The van der Waals surface area contributed by atoms with Crippen molar-refractivity contribution in [2.24, 2.45) is 11.8 Å². The van der Waals surface area contributed by atoms with Crippen LogP contribution in [0.25, 0.3) is 0 Å². The summed E-state index contributed by atoms with van der Waals surface area (Å²) in [6.07, 6.45) is 2.46. The van der Waals surface area contributed by atoms with Gasteiger partial charge in [0.1, 0.15) is 0 Å². The van der Waals surface area contributed by atoms with Gasteiger partial charge >= 0.3 is 0 Å². The quantitative estimate of drug-likeness (QED) is 0.589. The van der Waals surface area contributed by atoms with Crippen molar-refractivity contribution in [2.75, 3.05) is 26.8 Å². The highest BCUT2D eigenvalue weighted by molar-refractivity contribution is 4.63. The second kappa shape index (κ2) is 8.52. The number of rotatable bonds is 8. The highest BCUT2D eigenvalue weighted by Crippen LogP contribution is 2.17. The molecule has 0 rings (SSSR count). The molecule has 0 saturated heterocycles. The second-order valence-corrected chi connectivity index (χ2v) is 3.88. The number of hydrogen-bond donors (Lipinski definition) is 1. The summed E-state index contributed by atoms with van der Waals surface area (Å²) in [5.41, 5.74) is 0. The zero-order chi connectivity index (χ0) is 10.1. The molecule has 0 fully saturated rings. The summed E-state index contributed by atoms with van der Waals surface area (Å²) < 4.78 is 5.07. The Labute approximate surface area is 83.1 Å². The lowest BCUT2D eigenvalue weighted by Crippen LogP contribution is -2.20. The SMILES string of the molecule is CCNCCC(C)C(C)CCOC. The predicted octanol–water partition coefficient (Wildman–Crippen LogP) is 2.29. The minimum Gasteiger partial charge on any atom is -0.385 e. The van der Waals surface area contributed by atoms with Crippen molar-refractivity contribution >= 4 is 0 Å². The van der Waals surface area contributed by atoms with Crippen LogP contribution in [0, 0.1) is 11.8 Å². The molecule has 0 aliphatic carbocycles. The van der Waals surface area contributed by atoms with Crippen LogP contribution in [0.5, 0.6) is 0 Å². The lowest BCUT2D eigenvalue weighted by atomic mass is 9.90. The van der Waals surface area contributed by atoms with Crippen LogP contribution in [-0.4, -0.2) is 26.8 Å². The molecule has 0 spiro atoms. The van der Waals surface area contributed by atoms with Gasteiger partial charge in [-0.25, -0.2) is 0 Å².